The maximum atomic E-state index is 11.8. The summed E-state index contributed by atoms with van der Waals surface area (Å²) < 4.78 is 11.3. The summed E-state index contributed by atoms with van der Waals surface area (Å²) in [5, 5.41) is 7.11. The van der Waals surface area contributed by atoms with Crippen molar-refractivity contribution in [1.82, 2.24) is 20.3 Å². The number of aromatic nitrogens is 3. The van der Waals surface area contributed by atoms with Gasteiger partial charge in [0.25, 0.3) is 0 Å². The maximum Gasteiger partial charge on any atom is 0.246 e. The summed E-state index contributed by atoms with van der Waals surface area (Å²) in [7, 11) is 0. The lowest BCUT2D eigenvalue weighted by Crippen LogP contribution is -2.28. The summed E-state index contributed by atoms with van der Waals surface area (Å²) in [4.78, 5) is 24.9. The monoisotopic (exact) mass is 497 g/mol. The van der Waals surface area contributed by atoms with E-state index in [1.807, 2.05) is 88.4 Å². The highest BCUT2D eigenvalue weighted by Crippen LogP contribution is 2.30. The second-order valence-electron chi connectivity index (χ2n) is 8.91. The average molecular weight is 498 g/mol. The summed E-state index contributed by atoms with van der Waals surface area (Å²) in [5.41, 5.74) is 4.62. The number of carbonyl (C=O) groups is 1. The Balaban J connectivity index is 1.44. The van der Waals surface area contributed by atoms with Crippen molar-refractivity contribution >= 4 is 34.4 Å². The molecule has 0 unspecified atom stereocenters. The molecule has 37 heavy (non-hydrogen) atoms. The Labute approximate surface area is 216 Å². The summed E-state index contributed by atoms with van der Waals surface area (Å²) >= 11 is 0. The van der Waals surface area contributed by atoms with Crippen LogP contribution in [0.1, 0.15) is 30.7 Å². The van der Waals surface area contributed by atoms with Gasteiger partial charge in [0.15, 0.2) is 0 Å². The van der Waals surface area contributed by atoms with Gasteiger partial charge >= 0.3 is 0 Å². The number of pyridine rings is 1. The fourth-order valence-electron chi connectivity index (χ4n) is 3.56. The van der Waals surface area contributed by atoms with E-state index in [2.05, 4.69) is 25.6 Å². The number of aryl methyl sites for hydroxylation is 2. The van der Waals surface area contributed by atoms with E-state index in [1.54, 1.807) is 12.5 Å². The number of ether oxygens (including phenoxy) is 2. The standard InChI is InChI=1S/C29H31N5O3/c1-19(2)36-17-28(35)30-13-5-6-22-8-11-26-25(15-22)29(33-18-32-26)34-23-9-12-27(20(3)14-23)37-24-10-7-21(4)31-16-24/h5-12,14-16,18-19H,13,17H2,1-4H3,(H,30,35)(H,32,33,34). The van der Waals surface area contributed by atoms with Crippen molar-refractivity contribution in [3.8, 4) is 11.5 Å². The van der Waals surface area contributed by atoms with Gasteiger partial charge in [0.05, 0.1) is 17.8 Å². The molecule has 0 bridgehead atoms. The second kappa shape index (κ2) is 12.1. The Kier molecular flexibility index (Phi) is 8.43. The molecule has 0 aliphatic heterocycles. The minimum absolute atomic E-state index is 0.0234. The van der Waals surface area contributed by atoms with Gasteiger partial charge in [-0.1, -0.05) is 18.2 Å². The second-order valence-corrected chi connectivity index (χ2v) is 8.91. The molecule has 2 N–H and O–H groups in total. The Hall–Kier alpha value is -4.30. The molecule has 2 aromatic heterocycles. The number of rotatable bonds is 10. The summed E-state index contributed by atoms with van der Waals surface area (Å²) in [5.74, 6) is 2.02. The van der Waals surface area contributed by atoms with Gasteiger partial charge in [0.2, 0.25) is 5.91 Å². The molecule has 1 amide bonds. The minimum atomic E-state index is -0.140. The predicted molar refractivity (Wildman–Crippen MR) is 146 cm³/mol. The molecule has 8 nitrogen and oxygen atoms in total. The molecule has 2 aromatic carbocycles. The molecule has 0 aliphatic rings. The zero-order chi connectivity index (χ0) is 26.2. The van der Waals surface area contributed by atoms with Gasteiger partial charge in [-0.15, -0.1) is 0 Å². The van der Waals surface area contributed by atoms with Crippen LogP contribution in [0.3, 0.4) is 0 Å². The number of carbonyl (C=O) groups excluding carboxylic acids is 1. The summed E-state index contributed by atoms with van der Waals surface area (Å²) in [6, 6.07) is 15.7. The SMILES string of the molecule is Cc1ccc(Oc2ccc(Nc3ncnc4ccc(C=CCNC(=O)COC(C)C)cc34)cc2C)cn1. The van der Waals surface area contributed by atoms with E-state index in [0.717, 1.165) is 39.2 Å². The lowest BCUT2D eigenvalue weighted by Gasteiger charge is -2.12. The number of nitrogens with one attached hydrogen (secondary N) is 2. The van der Waals surface area contributed by atoms with Crippen LogP contribution >= 0.6 is 0 Å². The van der Waals surface area contributed by atoms with Gasteiger partial charge in [-0.05, 0) is 81.3 Å². The lowest BCUT2D eigenvalue weighted by molar-refractivity contribution is -0.126. The number of nitrogens with zero attached hydrogens (tertiary/aromatic N) is 3. The summed E-state index contributed by atoms with van der Waals surface area (Å²) in [6.45, 7) is 8.21. The molecule has 0 spiro atoms. The molecule has 190 valence electrons. The van der Waals surface area contributed by atoms with Crippen molar-refractivity contribution in [1.29, 1.82) is 0 Å². The van der Waals surface area contributed by atoms with E-state index < -0.39 is 0 Å². The van der Waals surface area contributed by atoms with E-state index in [-0.39, 0.29) is 18.6 Å². The van der Waals surface area contributed by atoms with Crippen LogP contribution in [-0.4, -0.2) is 40.1 Å². The normalized spacial score (nSPS) is 11.3. The number of fused-ring (bicyclic) bond motifs is 1. The molecule has 0 radical (unpaired) electrons. The third-order valence-corrected chi connectivity index (χ3v) is 5.48. The van der Waals surface area contributed by atoms with Crippen LogP contribution in [0.4, 0.5) is 11.5 Å². The van der Waals surface area contributed by atoms with Gasteiger partial charge in [0.1, 0.15) is 30.3 Å². The van der Waals surface area contributed by atoms with Gasteiger partial charge in [-0.3, -0.25) is 9.78 Å². The van der Waals surface area contributed by atoms with Gasteiger partial charge in [0, 0.05) is 23.3 Å². The Morgan fingerprint density at radius 2 is 1.89 bits per heavy atom. The molecule has 2 heterocycles. The van der Waals surface area contributed by atoms with Crippen LogP contribution in [0.15, 0.2) is 67.1 Å². The first-order valence-electron chi connectivity index (χ1n) is 12.1. The van der Waals surface area contributed by atoms with E-state index in [9.17, 15) is 4.79 Å². The molecular weight excluding hydrogens is 466 g/mol. The predicted octanol–water partition coefficient (Wildman–Crippen LogP) is 5.73. The van der Waals surface area contributed by atoms with Gasteiger partial charge in [-0.2, -0.15) is 0 Å². The molecular formula is C29H31N5O3. The number of hydrogen-bond acceptors (Lipinski definition) is 7. The topological polar surface area (TPSA) is 98.3 Å². The number of amides is 1. The largest absolute Gasteiger partial charge is 0.455 e. The first-order valence-corrected chi connectivity index (χ1v) is 12.1. The number of benzene rings is 2. The number of anilines is 2. The van der Waals surface area contributed by atoms with Crippen LogP contribution in [0, 0.1) is 13.8 Å². The van der Waals surface area contributed by atoms with Crippen LogP contribution in [-0.2, 0) is 9.53 Å². The van der Waals surface area contributed by atoms with Crippen LogP contribution in [0.25, 0.3) is 17.0 Å². The third kappa shape index (κ3) is 7.35. The van der Waals surface area contributed by atoms with Crippen LogP contribution in [0.5, 0.6) is 11.5 Å². The zero-order valence-electron chi connectivity index (χ0n) is 21.5. The van der Waals surface area contributed by atoms with Gasteiger partial charge < -0.3 is 20.1 Å². The first-order chi connectivity index (χ1) is 17.9. The molecule has 0 saturated carbocycles. The van der Waals surface area contributed by atoms with Crippen molar-refractivity contribution < 1.29 is 14.3 Å². The Morgan fingerprint density at radius 1 is 1.03 bits per heavy atom. The molecule has 0 aliphatic carbocycles. The molecule has 0 saturated heterocycles. The molecule has 0 atom stereocenters. The third-order valence-electron chi connectivity index (χ3n) is 5.48. The van der Waals surface area contributed by atoms with Crippen molar-refractivity contribution in [3.63, 3.8) is 0 Å². The van der Waals surface area contributed by atoms with Crippen molar-refractivity contribution in [2.45, 2.75) is 33.8 Å². The Bertz CT molecular complexity index is 1400. The highest BCUT2D eigenvalue weighted by Gasteiger charge is 2.08. The smallest absolute Gasteiger partial charge is 0.246 e. The van der Waals surface area contributed by atoms with E-state index in [1.165, 1.54) is 0 Å². The Morgan fingerprint density at radius 3 is 2.65 bits per heavy atom. The average Bonchev–Trinajstić information content (AvgIpc) is 2.88. The number of hydrogen-bond donors (Lipinski definition) is 2. The van der Waals surface area contributed by atoms with Crippen molar-refractivity contribution in [2.75, 3.05) is 18.5 Å². The fraction of sp³-hybridized carbons (Fsp3) is 0.241. The molecule has 4 aromatic rings. The molecule has 0 fully saturated rings. The minimum Gasteiger partial charge on any atom is -0.455 e. The summed E-state index contributed by atoms with van der Waals surface area (Å²) in [6.07, 6.45) is 7.14. The zero-order valence-corrected chi connectivity index (χ0v) is 21.5. The first kappa shape index (κ1) is 25.8. The van der Waals surface area contributed by atoms with Crippen LogP contribution < -0.4 is 15.4 Å². The molecule has 8 heteroatoms. The van der Waals surface area contributed by atoms with E-state index >= 15 is 0 Å². The van der Waals surface area contributed by atoms with Crippen LogP contribution in [0.2, 0.25) is 0 Å². The van der Waals surface area contributed by atoms with Gasteiger partial charge in [-0.25, -0.2) is 9.97 Å². The van der Waals surface area contributed by atoms with E-state index in [0.29, 0.717) is 18.1 Å². The maximum absolute atomic E-state index is 11.8. The lowest BCUT2D eigenvalue weighted by atomic mass is 10.1. The van der Waals surface area contributed by atoms with Crippen molar-refractivity contribution in [2.24, 2.45) is 0 Å². The highest BCUT2D eigenvalue weighted by atomic mass is 16.5. The molecule has 4 rings (SSSR count). The van der Waals surface area contributed by atoms with E-state index in [4.69, 9.17) is 9.47 Å². The van der Waals surface area contributed by atoms with Crippen molar-refractivity contribution in [3.05, 3.63) is 84.0 Å². The quantitative estimate of drug-likeness (QED) is 0.289. The highest BCUT2D eigenvalue weighted by molar-refractivity contribution is 5.92. The fourth-order valence-corrected chi connectivity index (χ4v) is 3.56.